The lowest BCUT2D eigenvalue weighted by molar-refractivity contribution is 0.0210. The Bertz CT molecular complexity index is 797. The van der Waals surface area contributed by atoms with E-state index in [1.807, 2.05) is 0 Å². The second kappa shape index (κ2) is 6.63. The monoisotopic (exact) mass is 379 g/mol. The zero-order valence-corrected chi connectivity index (χ0v) is 15.3. The van der Waals surface area contributed by atoms with Gasteiger partial charge in [-0.3, -0.25) is 9.69 Å². The van der Waals surface area contributed by atoms with Crippen LogP contribution in [-0.4, -0.2) is 41.0 Å². The first kappa shape index (κ1) is 16.9. The van der Waals surface area contributed by atoms with Crippen molar-refractivity contribution in [3.8, 4) is 11.3 Å². The number of oxazole rings is 1. The minimum Gasteiger partial charge on any atom is -0.432 e. The van der Waals surface area contributed by atoms with E-state index in [4.69, 9.17) is 27.6 Å². The Morgan fingerprint density at radius 3 is 2.72 bits per heavy atom. The number of hydrogen-bond acceptors (Lipinski definition) is 4. The molecule has 2 atom stereocenters. The van der Waals surface area contributed by atoms with E-state index >= 15 is 0 Å². The van der Waals surface area contributed by atoms with Gasteiger partial charge in [-0.25, -0.2) is 4.98 Å². The standard InChI is InChI=1S/C18H19Cl2N3O2/c1-10-16(11-4-6-23(10)7-5-11)22-17(24)18-21-9-15(25-18)12-2-3-13(19)14(20)8-12/h2-3,8-11,16H,4-7H2,1H3,(H,22,24)/t10-,16-/m0/s1. The van der Waals surface area contributed by atoms with Crippen molar-refractivity contribution in [2.75, 3.05) is 13.1 Å². The number of nitrogens with zero attached hydrogens (tertiary/aromatic N) is 2. The fraction of sp³-hybridized carbons (Fsp3) is 0.444. The second-order valence-corrected chi connectivity index (χ2v) is 7.59. The minimum absolute atomic E-state index is 0.0738. The van der Waals surface area contributed by atoms with E-state index in [9.17, 15) is 4.79 Å². The number of benzene rings is 1. The van der Waals surface area contributed by atoms with Gasteiger partial charge in [0.1, 0.15) is 0 Å². The lowest BCUT2D eigenvalue weighted by Gasteiger charge is -2.49. The summed E-state index contributed by atoms with van der Waals surface area (Å²) in [5, 5.41) is 4.02. The maximum atomic E-state index is 12.6. The van der Waals surface area contributed by atoms with E-state index in [1.165, 1.54) is 6.20 Å². The molecular formula is C18H19Cl2N3O2. The number of nitrogens with one attached hydrogen (secondary N) is 1. The van der Waals surface area contributed by atoms with Crippen LogP contribution in [0.4, 0.5) is 0 Å². The van der Waals surface area contributed by atoms with Crippen LogP contribution in [0.2, 0.25) is 10.0 Å². The molecule has 2 aromatic rings. The Balaban J connectivity index is 1.50. The van der Waals surface area contributed by atoms with E-state index in [1.54, 1.807) is 18.2 Å². The fourth-order valence-electron chi connectivity index (χ4n) is 3.92. The number of aromatic nitrogens is 1. The molecule has 1 aromatic heterocycles. The smallest absolute Gasteiger partial charge is 0.307 e. The predicted octanol–water partition coefficient (Wildman–Crippen LogP) is 3.86. The van der Waals surface area contributed by atoms with E-state index in [2.05, 4.69) is 22.1 Å². The molecule has 7 heteroatoms. The molecule has 132 valence electrons. The minimum atomic E-state index is -0.267. The maximum Gasteiger partial charge on any atom is 0.307 e. The van der Waals surface area contributed by atoms with Crippen LogP contribution < -0.4 is 5.32 Å². The zero-order chi connectivity index (χ0) is 17.6. The molecular weight excluding hydrogens is 361 g/mol. The lowest BCUT2D eigenvalue weighted by Crippen LogP contribution is -2.62. The van der Waals surface area contributed by atoms with Crippen LogP contribution in [0, 0.1) is 5.92 Å². The Hall–Kier alpha value is -1.56. The fourth-order valence-corrected chi connectivity index (χ4v) is 4.22. The molecule has 5 rings (SSSR count). The van der Waals surface area contributed by atoms with E-state index in [0.717, 1.165) is 31.5 Å². The number of fused-ring (bicyclic) bond motifs is 3. The third-order valence-corrected chi connectivity index (χ3v) is 6.12. The van der Waals surface area contributed by atoms with Crippen LogP contribution in [0.15, 0.2) is 28.8 Å². The molecule has 5 nitrogen and oxygen atoms in total. The number of rotatable bonds is 3. The summed E-state index contributed by atoms with van der Waals surface area (Å²) in [5.74, 6) is 0.834. The Kier molecular flexibility index (Phi) is 4.48. The van der Waals surface area contributed by atoms with Gasteiger partial charge in [0.15, 0.2) is 5.76 Å². The van der Waals surface area contributed by atoms with Gasteiger partial charge in [0.2, 0.25) is 0 Å². The Labute approximate surface area is 156 Å². The quantitative estimate of drug-likeness (QED) is 0.879. The van der Waals surface area contributed by atoms with Gasteiger partial charge in [0, 0.05) is 17.6 Å². The van der Waals surface area contributed by atoms with Crippen molar-refractivity contribution in [3.63, 3.8) is 0 Å². The Morgan fingerprint density at radius 1 is 1.28 bits per heavy atom. The molecule has 3 aliphatic heterocycles. The van der Waals surface area contributed by atoms with Crippen molar-refractivity contribution < 1.29 is 9.21 Å². The van der Waals surface area contributed by atoms with Crippen LogP contribution >= 0.6 is 23.2 Å². The van der Waals surface area contributed by atoms with Gasteiger partial charge >= 0.3 is 5.91 Å². The highest BCUT2D eigenvalue weighted by Gasteiger charge is 2.40. The van der Waals surface area contributed by atoms with Gasteiger partial charge in [-0.15, -0.1) is 0 Å². The summed E-state index contributed by atoms with van der Waals surface area (Å²) in [5.41, 5.74) is 0.733. The first-order valence-corrected chi connectivity index (χ1v) is 9.24. The summed E-state index contributed by atoms with van der Waals surface area (Å²) in [6, 6.07) is 5.67. The predicted molar refractivity (Wildman–Crippen MR) is 97.0 cm³/mol. The maximum absolute atomic E-state index is 12.6. The molecule has 0 radical (unpaired) electrons. The number of carbonyl (C=O) groups excluding carboxylic acids is 1. The topological polar surface area (TPSA) is 58.4 Å². The van der Waals surface area contributed by atoms with E-state index in [-0.39, 0.29) is 17.8 Å². The summed E-state index contributed by atoms with van der Waals surface area (Å²) in [4.78, 5) is 19.1. The molecule has 0 saturated carbocycles. The summed E-state index contributed by atoms with van der Waals surface area (Å²) >= 11 is 12.0. The van der Waals surface area contributed by atoms with Crippen LogP contribution in [0.1, 0.15) is 30.5 Å². The molecule has 0 aliphatic carbocycles. The average molecular weight is 380 g/mol. The third kappa shape index (κ3) is 3.16. The average Bonchev–Trinajstić information content (AvgIpc) is 3.11. The van der Waals surface area contributed by atoms with Crippen molar-refractivity contribution >= 4 is 29.1 Å². The summed E-state index contributed by atoms with van der Waals surface area (Å²) in [6.07, 6.45) is 3.80. The van der Waals surface area contributed by atoms with Crippen molar-refractivity contribution in [2.45, 2.75) is 31.8 Å². The summed E-state index contributed by atoms with van der Waals surface area (Å²) < 4.78 is 5.64. The van der Waals surface area contributed by atoms with Gasteiger partial charge in [0.25, 0.3) is 5.89 Å². The second-order valence-electron chi connectivity index (χ2n) is 6.77. The molecule has 0 unspecified atom stereocenters. The number of piperidine rings is 3. The van der Waals surface area contributed by atoms with Crippen LogP contribution in [-0.2, 0) is 0 Å². The molecule has 1 N–H and O–H groups in total. The van der Waals surface area contributed by atoms with Crippen molar-refractivity contribution in [1.29, 1.82) is 0 Å². The highest BCUT2D eigenvalue weighted by Crippen LogP contribution is 2.32. The zero-order valence-electron chi connectivity index (χ0n) is 13.8. The van der Waals surface area contributed by atoms with E-state index in [0.29, 0.717) is 27.8 Å². The van der Waals surface area contributed by atoms with Gasteiger partial charge in [-0.2, -0.15) is 0 Å². The van der Waals surface area contributed by atoms with Crippen LogP contribution in [0.5, 0.6) is 0 Å². The van der Waals surface area contributed by atoms with Gasteiger partial charge in [-0.05, 0) is 57.0 Å². The molecule has 1 amide bonds. The lowest BCUT2D eigenvalue weighted by atomic mass is 9.79. The first-order chi connectivity index (χ1) is 12.0. The highest BCUT2D eigenvalue weighted by molar-refractivity contribution is 6.42. The molecule has 3 aliphatic rings. The number of hydrogen-bond donors (Lipinski definition) is 1. The van der Waals surface area contributed by atoms with Gasteiger partial charge < -0.3 is 9.73 Å². The van der Waals surface area contributed by atoms with Gasteiger partial charge in [0.05, 0.1) is 16.2 Å². The number of amides is 1. The highest BCUT2D eigenvalue weighted by atomic mass is 35.5. The third-order valence-electron chi connectivity index (χ3n) is 5.38. The number of halogens is 2. The SMILES string of the molecule is C[C@H]1[C@H](NC(=O)c2ncc(-c3ccc(Cl)c(Cl)c3)o2)C2CCN1CC2. The van der Waals surface area contributed by atoms with Gasteiger partial charge in [-0.1, -0.05) is 23.2 Å². The van der Waals surface area contributed by atoms with Crippen LogP contribution in [0.25, 0.3) is 11.3 Å². The van der Waals surface area contributed by atoms with Crippen LogP contribution in [0.3, 0.4) is 0 Å². The van der Waals surface area contributed by atoms with E-state index < -0.39 is 0 Å². The molecule has 25 heavy (non-hydrogen) atoms. The molecule has 0 spiro atoms. The molecule has 3 saturated heterocycles. The molecule has 2 bridgehead atoms. The number of carbonyl (C=O) groups is 1. The Morgan fingerprint density at radius 2 is 2.04 bits per heavy atom. The molecule has 1 aromatic carbocycles. The first-order valence-electron chi connectivity index (χ1n) is 8.49. The normalized spacial score (nSPS) is 28.1. The molecule has 4 heterocycles. The van der Waals surface area contributed by atoms with Crippen molar-refractivity contribution in [2.24, 2.45) is 5.92 Å². The van der Waals surface area contributed by atoms with Crippen molar-refractivity contribution in [1.82, 2.24) is 15.2 Å². The molecule has 3 fully saturated rings. The largest absolute Gasteiger partial charge is 0.432 e. The van der Waals surface area contributed by atoms with Crippen molar-refractivity contribution in [3.05, 3.63) is 40.3 Å². The summed E-state index contributed by atoms with van der Waals surface area (Å²) in [7, 11) is 0. The summed E-state index contributed by atoms with van der Waals surface area (Å²) in [6.45, 7) is 4.42.